The van der Waals surface area contributed by atoms with Crippen LogP contribution in [0.2, 0.25) is 0 Å². The van der Waals surface area contributed by atoms with E-state index in [1.165, 1.54) is 16.2 Å². The first-order valence-electron chi connectivity index (χ1n) is 6.79. The highest BCUT2D eigenvalue weighted by atomic mass is 16.5. The third kappa shape index (κ3) is 2.60. The van der Waals surface area contributed by atoms with E-state index in [2.05, 4.69) is 6.07 Å². The SMILES string of the molecule is O=C(O)c1cccn(CC2OCCc3ccccc32)c1=O. The number of hydrogen-bond donors (Lipinski definition) is 1. The second-order valence-electron chi connectivity index (χ2n) is 4.99. The molecule has 0 aliphatic carbocycles. The quantitative estimate of drug-likeness (QED) is 0.934. The first kappa shape index (κ1) is 13.6. The average Bonchev–Trinajstić information content (AvgIpc) is 2.49. The van der Waals surface area contributed by atoms with Crippen molar-refractivity contribution in [1.29, 1.82) is 0 Å². The summed E-state index contributed by atoms with van der Waals surface area (Å²) < 4.78 is 7.16. The van der Waals surface area contributed by atoms with Gasteiger partial charge in [0.05, 0.1) is 13.2 Å². The summed E-state index contributed by atoms with van der Waals surface area (Å²) in [6.45, 7) is 0.923. The number of carboxylic acids is 1. The summed E-state index contributed by atoms with van der Waals surface area (Å²) in [5, 5.41) is 9.01. The molecule has 2 aromatic rings. The molecule has 0 spiro atoms. The lowest BCUT2D eigenvalue weighted by Gasteiger charge is -2.26. The third-order valence-corrected chi connectivity index (χ3v) is 3.71. The van der Waals surface area contributed by atoms with E-state index in [0.717, 1.165) is 12.0 Å². The molecule has 108 valence electrons. The van der Waals surface area contributed by atoms with Crippen molar-refractivity contribution in [2.45, 2.75) is 19.1 Å². The van der Waals surface area contributed by atoms with E-state index < -0.39 is 11.5 Å². The van der Waals surface area contributed by atoms with Crippen LogP contribution in [0.4, 0.5) is 0 Å². The lowest BCUT2D eigenvalue weighted by Crippen LogP contribution is -2.30. The molecule has 3 rings (SSSR count). The minimum atomic E-state index is -1.21. The van der Waals surface area contributed by atoms with Gasteiger partial charge >= 0.3 is 5.97 Å². The van der Waals surface area contributed by atoms with Crippen LogP contribution < -0.4 is 5.56 Å². The molecule has 1 atom stereocenters. The highest BCUT2D eigenvalue weighted by molar-refractivity contribution is 5.86. The summed E-state index contributed by atoms with van der Waals surface area (Å²) in [6.07, 6.45) is 2.23. The van der Waals surface area contributed by atoms with Crippen LogP contribution in [-0.2, 0) is 17.7 Å². The highest BCUT2D eigenvalue weighted by Gasteiger charge is 2.22. The minimum Gasteiger partial charge on any atom is -0.477 e. The minimum absolute atomic E-state index is 0.221. The molecule has 2 heterocycles. The van der Waals surface area contributed by atoms with Gasteiger partial charge in [-0.1, -0.05) is 24.3 Å². The molecule has 1 N–H and O–H groups in total. The Morgan fingerprint density at radius 3 is 2.90 bits per heavy atom. The lowest BCUT2D eigenvalue weighted by atomic mass is 9.97. The maximum Gasteiger partial charge on any atom is 0.341 e. The van der Waals surface area contributed by atoms with Crippen molar-refractivity contribution in [3.8, 4) is 0 Å². The fourth-order valence-corrected chi connectivity index (χ4v) is 2.65. The van der Waals surface area contributed by atoms with Crippen LogP contribution in [0.1, 0.15) is 27.6 Å². The molecule has 1 aliphatic heterocycles. The Balaban J connectivity index is 1.94. The van der Waals surface area contributed by atoms with Gasteiger partial charge in [-0.2, -0.15) is 0 Å². The largest absolute Gasteiger partial charge is 0.477 e. The fourth-order valence-electron chi connectivity index (χ4n) is 2.65. The van der Waals surface area contributed by atoms with Gasteiger partial charge < -0.3 is 14.4 Å². The molecule has 1 aliphatic rings. The van der Waals surface area contributed by atoms with E-state index >= 15 is 0 Å². The smallest absolute Gasteiger partial charge is 0.341 e. The number of aromatic nitrogens is 1. The van der Waals surface area contributed by atoms with E-state index in [4.69, 9.17) is 9.84 Å². The zero-order valence-corrected chi connectivity index (χ0v) is 11.4. The topological polar surface area (TPSA) is 68.5 Å². The van der Waals surface area contributed by atoms with E-state index in [1.54, 1.807) is 12.3 Å². The molecule has 0 amide bonds. The summed E-state index contributed by atoms with van der Waals surface area (Å²) in [6, 6.07) is 10.9. The van der Waals surface area contributed by atoms with E-state index in [9.17, 15) is 9.59 Å². The van der Waals surface area contributed by atoms with Crippen LogP contribution in [0.5, 0.6) is 0 Å². The maximum atomic E-state index is 12.1. The zero-order valence-electron chi connectivity index (χ0n) is 11.4. The molecule has 0 saturated heterocycles. The van der Waals surface area contributed by atoms with Gasteiger partial charge in [0.1, 0.15) is 11.7 Å². The van der Waals surface area contributed by atoms with Crippen molar-refractivity contribution in [2.75, 3.05) is 6.61 Å². The molecule has 0 saturated carbocycles. The highest BCUT2D eigenvalue weighted by Crippen LogP contribution is 2.27. The van der Waals surface area contributed by atoms with Gasteiger partial charge in [-0.3, -0.25) is 4.79 Å². The number of hydrogen-bond acceptors (Lipinski definition) is 3. The Morgan fingerprint density at radius 1 is 1.29 bits per heavy atom. The first-order valence-corrected chi connectivity index (χ1v) is 6.79. The maximum absolute atomic E-state index is 12.1. The van der Waals surface area contributed by atoms with Crippen molar-refractivity contribution in [1.82, 2.24) is 4.57 Å². The number of ether oxygens (including phenoxy) is 1. The number of pyridine rings is 1. The number of fused-ring (bicyclic) bond motifs is 1. The molecule has 5 nitrogen and oxygen atoms in total. The zero-order chi connectivity index (χ0) is 14.8. The number of rotatable bonds is 3. The number of nitrogens with zero attached hydrogens (tertiary/aromatic N) is 1. The van der Waals surface area contributed by atoms with Crippen molar-refractivity contribution < 1.29 is 14.6 Å². The first-order chi connectivity index (χ1) is 10.2. The van der Waals surface area contributed by atoms with Crippen LogP contribution in [0.25, 0.3) is 0 Å². The predicted molar refractivity (Wildman–Crippen MR) is 76.5 cm³/mol. The summed E-state index contributed by atoms with van der Waals surface area (Å²) in [7, 11) is 0. The van der Waals surface area contributed by atoms with Gasteiger partial charge in [0.15, 0.2) is 0 Å². The Kier molecular flexibility index (Phi) is 3.58. The van der Waals surface area contributed by atoms with E-state index in [1.807, 2.05) is 18.2 Å². The number of carbonyl (C=O) groups is 1. The fraction of sp³-hybridized carbons (Fsp3) is 0.250. The molecule has 0 bridgehead atoms. The van der Waals surface area contributed by atoms with Crippen molar-refractivity contribution in [3.05, 3.63) is 69.6 Å². The molecule has 0 radical (unpaired) electrons. The third-order valence-electron chi connectivity index (χ3n) is 3.71. The van der Waals surface area contributed by atoms with E-state index in [-0.39, 0.29) is 11.7 Å². The second kappa shape index (κ2) is 5.54. The molecule has 5 heteroatoms. The Hall–Kier alpha value is -2.40. The van der Waals surface area contributed by atoms with Gasteiger partial charge in [-0.05, 0) is 29.7 Å². The second-order valence-corrected chi connectivity index (χ2v) is 4.99. The Labute approximate surface area is 121 Å². The van der Waals surface area contributed by atoms with Crippen LogP contribution in [0.3, 0.4) is 0 Å². The molecule has 1 aromatic carbocycles. The predicted octanol–water partition coefficient (Wildman–Crippen LogP) is 1.86. The van der Waals surface area contributed by atoms with E-state index in [0.29, 0.717) is 13.2 Å². The molecular formula is C16H15NO4. The molecule has 1 unspecified atom stereocenters. The molecule has 21 heavy (non-hydrogen) atoms. The average molecular weight is 285 g/mol. The van der Waals surface area contributed by atoms with Crippen LogP contribution in [0, 0.1) is 0 Å². The van der Waals surface area contributed by atoms with Crippen molar-refractivity contribution in [2.24, 2.45) is 0 Å². The van der Waals surface area contributed by atoms with Crippen LogP contribution in [0.15, 0.2) is 47.4 Å². The summed E-state index contributed by atoms with van der Waals surface area (Å²) in [4.78, 5) is 23.1. The summed E-state index contributed by atoms with van der Waals surface area (Å²) in [5.74, 6) is -1.21. The van der Waals surface area contributed by atoms with Gasteiger partial charge in [0.25, 0.3) is 5.56 Å². The molecular weight excluding hydrogens is 270 g/mol. The normalized spacial score (nSPS) is 17.2. The monoisotopic (exact) mass is 285 g/mol. The number of carboxylic acid groups (broad SMARTS) is 1. The summed E-state index contributed by atoms with van der Waals surface area (Å²) >= 11 is 0. The number of aromatic carboxylic acids is 1. The van der Waals surface area contributed by atoms with Crippen LogP contribution in [-0.4, -0.2) is 22.2 Å². The van der Waals surface area contributed by atoms with Crippen LogP contribution >= 0.6 is 0 Å². The standard InChI is InChI=1S/C16H15NO4/c18-15-13(16(19)20)6-3-8-17(15)10-14-12-5-2-1-4-11(12)7-9-21-14/h1-6,8,14H,7,9-10H2,(H,19,20). The van der Waals surface area contributed by atoms with Crippen molar-refractivity contribution in [3.63, 3.8) is 0 Å². The van der Waals surface area contributed by atoms with Gasteiger partial charge in [0.2, 0.25) is 0 Å². The summed E-state index contributed by atoms with van der Waals surface area (Å²) in [5.41, 5.74) is 1.56. The van der Waals surface area contributed by atoms with Gasteiger partial charge in [0, 0.05) is 6.20 Å². The Morgan fingerprint density at radius 2 is 2.10 bits per heavy atom. The Bertz CT molecular complexity index is 735. The number of benzene rings is 1. The van der Waals surface area contributed by atoms with Crippen molar-refractivity contribution >= 4 is 5.97 Å². The van der Waals surface area contributed by atoms with Gasteiger partial charge in [-0.25, -0.2) is 4.79 Å². The molecule has 1 aromatic heterocycles. The lowest BCUT2D eigenvalue weighted by molar-refractivity contribution is 0.0298. The molecule has 0 fully saturated rings. The van der Waals surface area contributed by atoms with Gasteiger partial charge in [-0.15, -0.1) is 0 Å².